The average Bonchev–Trinajstić information content (AvgIpc) is 2.76. The van der Waals surface area contributed by atoms with Gasteiger partial charge in [-0.1, -0.05) is 19.1 Å². The third-order valence-corrected chi connectivity index (χ3v) is 7.39. The molecule has 0 bridgehead atoms. The first kappa shape index (κ1) is 25.0. The number of halogens is 2. The van der Waals surface area contributed by atoms with Gasteiger partial charge in [-0.05, 0) is 62.4 Å². The van der Waals surface area contributed by atoms with E-state index >= 15 is 0 Å². The number of hydrogen-bond donors (Lipinski definition) is 1. The van der Waals surface area contributed by atoms with E-state index in [1.807, 2.05) is 31.2 Å². The molecular formula is C24H31F2N3O3S. The molecule has 1 fully saturated rings. The molecular weight excluding hydrogens is 448 g/mol. The van der Waals surface area contributed by atoms with Gasteiger partial charge in [-0.15, -0.1) is 0 Å². The summed E-state index contributed by atoms with van der Waals surface area (Å²) in [5.74, 6) is -2.09. The van der Waals surface area contributed by atoms with Gasteiger partial charge in [-0.25, -0.2) is 17.2 Å². The van der Waals surface area contributed by atoms with Crippen LogP contribution in [-0.2, 0) is 14.8 Å². The van der Waals surface area contributed by atoms with Crippen LogP contribution in [0, 0.1) is 17.6 Å². The smallest absolute Gasteiger partial charge is 0.244 e. The fourth-order valence-electron chi connectivity index (χ4n) is 4.09. The first-order valence-electron chi connectivity index (χ1n) is 11.1. The quantitative estimate of drug-likeness (QED) is 0.645. The third kappa shape index (κ3) is 6.01. The number of amides is 1. The SMILES string of the molecule is CC1CCN(c2ccc([C@@H](C)NC(=O)[C@H](C)N(c3ccc(F)c(F)c3)S(C)(=O)=O)cc2)CC1. The van der Waals surface area contributed by atoms with Crippen molar-refractivity contribution in [2.24, 2.45) is 5.92 Å². The Hall–Kier alpha value is -2.68. The Kier molecular flexibility index (Phi) is 7.62. The first-order valence-corrected chi connectivity index (χ1v) is 12.9. The number of nitrogens with one attached hydrogen (secondary N) is 1. The minimum absolute atomic E-state index is 0.119. The molecule has 2 aromatic carbocycles. The molecule has 1 N–H and O–H groups in total. The maximum atomic E-state index is 13.7. The van der Waals surface area contributed by atoms with E-state index in [1.54, 1.807) is 0 Å². The van der Waals surface area contributed by atoms with Gasteiger partial charge in [0.25, 0.3) is 0 Å². The summed E-state index contributed by atoms with van der Waals surface area (Å²) in [4.78, 5) is 15.2. The van der Waals surface area contributed by atoms with Gasteiger partial charge in [0.1, 0.15) is 6.04 Å². The van der Waals surface area contributed by atoms with Crippen LogP contribution in [0.3, 0.4) is 0 Å². The van der Waals surface area contributed by atoms with E-state index in [2.05, 4.69) is 17.1 Å². The summed E-state index contributed by atoms with van der Waals surface area (Å²) < 4.78 is 52.5. The highest BCUT2D eigenvalue weighted by Crippen LogP contribution is 2.26. The minimum atomic E-state index is -3.94. The largest absolute Gasteiger partial charge is 0.372 e. The number of piperidine rings is 1. The Morgan fingerprint density at radius 1 is 1.06 bits per heavy atom. The second-order valence-electron chi connectivity index (χ2n) is 8.82. The van der Waals surface area contributed by atoms with Crippen LogP contribution < -0.4 is 14.5 Å². The van der Waals surface area contributed by atoms with Crippen molar-refractivity contribution < 1.29 is 22.0 Å². The zero-order valence-electron chi connectivity index (χ0n) is 19.4. The molecule has 1 heterocycles. The lowest BCUT2D eigenvalue weighted by Gasteiger charge is -2.32. The number of carbonyl (C=O) groups is 1. The van der Waals surface area contributed by atoms with E-state index < -0.39 is 33.6 Å². The lowest BCUT2D eigenvalue weighted by Crippen LogP contribution is -2.48. The Bertz CT molecular complexity index is 1080. The number of anilines is 2. The minimum Gasteiger partial charge on any atom is -0.372 e. The van der Waals surface area contributed by atoms with Gasteiger partial charge in [-0.3, -0.25) is 9.10 Å². The highest BCUT2D eigenvalue weighted by atomic mass is 32.2. The molecule has 0 aromatic heterocycles. The van der Waals surface area contributed by atoms with Crippen molar-refractivity contribution in [2.75, 3.05) is 28.6 Å². The number of benzene rings is 2. The summed E-state index contributed by atoms with van der Waals surface area (Å²) in [6.07, 6.45) is 3.25. The molecule has 6 nitrogen and oxygen atoms in total. The van der Waals surface area contributed by atoms with E-state index in [-0.39, 0.29) is 11.7 Å². The number of sulfonamides is 1. The molecule has 0 saturated carbocycles. The molecule has 9 heteroatoms. The third-order valence-electron chi connectivity index (χ3n) is 6.15. The fraction of sp³-hybridized carbons (Fsp3) is 0.458. The van der Waals surface area contributed by atoms with Crippen molar-refractivity contribution in [1.29, 1.82) is 0 Å². The van der Waals surface area contributed by atoms with Crippen molar-refractivity contribution in [3.63, 3.8) is 0 Å². The van der Waals surface area contributed by atoms with Crippen LogP contribution in [0.1, 0.15) is 45.2 Å². The number of rotatable bonds is 7. The second kappa shape index (κ2) is 10.1. The van der Waals surface area contributed by atoms with E-state index in [9.17, 15) is 22.0 Å². The lowest BCUT2D eigenvalue weighted by atomic mass is 9.98. The van der Waals surface area contributed by atoms with E-state index in [1.165, 1.54) is 19.8 Å². The molecule has 0 aliphatic carbocycles. The highest BCUT2D eigenvalue weighted by Gasteiger charge is 2.30. The Morgan fingerprint density at radius 3 is 2.21 bits per heavy atom. The molecule has 1 saturated heterocycles. The maximum Gasteiger partial charge on any atom is 0.244 e. The molecule has 33 heavy (non-hydrogen) atoms. The normalized spacial score (nSPS) is 16.8. The van der Waals surface area contributed by atoms with Crippen LogP contribution in [0.2, 0.25) is 0 Å². The Labute approximate surface area is 194 Å². The van der Waals surface area contributed by atoms with Gasteiger partial charge in [-0.2, -0.15) is 0 Å². The first-order chi connectivity index (χ1) is 15.5. The fourth-order valence-corrected chi connectivity index (χ4v) is 5.26. The van der Waals surface area contributed by atoms with Crippen molar-refractivity contribution in [1.82, 2.24) is 5.32 Å². The van der Waals surface area contributed by atoms with Crippen LogP contribution in [0.15, 0.2) is 42.5 Å². The highest BCUT2D eigenvalue weighted by molar-refractivity contribution is 7.92. The summed E-state index contributed by atoms with van der Waals surface area (Å²) in [7, 11) is -3.94. The maximum absolute atomic E-state index is 13.7. The second-order valence-corrected chi connectivity index (χ2v) is 10.7. The number of hydrogen-bond acceptors (Lipinski definition) is 4. The van der Waals surface area contributed by atoms with Gasteiger partial charge in [0, 0.05) is 24.8 Å². The molecule has 1 aliphatic rings. The zero-order valence-corrected chi connectivity index (χ0v) is 20.2. The van der Waals surface area contributed by atoms with Crippen molar-refractivity contribution >= 4 is 27.3 Å². The summed E-state index contributed by atoms with van der Waals surface area (Å²) in [6, 6.07) is 9.16. The van der Waals surface area contributed by atoms with Gasteiger partial charge < -0.3 is 10.2 Å². The molecule has 3 rings (SSSR count). The van der Waals surface area contributed by atoms with Gasteiger partial charge >= 0.3 is 0 Å². The summed E-state index contributed by atoms with van der Waals surface area (Å²) in [5.41, 5.74) is 1.90. The predicted molar refractivity (Wildman–Crippen MR) is 127 cm³/mol. The summed E-state index contributed by atoms with van der Waals surface area (Å²) in [5, 5.41) is 2.82. The molecule has 1 aliphatic heterocycles. The molecule has 0 unspecified atom stereocenters. The van der Waals surface area contributed by atoms with Gasteiger partial charge in [0.15, 0.2) is 11.6 Å². The zero-order chi connectivity index (χ0) is 24.3. The number of carbonyl (C=O) groups excluding carboxylic acids is 1. The lowest BCUT2D eigenvalue weighted by molar-refractivity contribution is -0.122. The summed E-state index contributed by atoms with van der Waals surface area (Å²) in [6.45, 7) is 7.53. The predicted octanol–water partition coefficient (Wildman–Crippen LogP) is 4.23. The Morgan fingerprint density at radius 2 is 1.67 bits per heavy atom. The molecule has 1 amide bonds. The van der Waals surface area contributed by atoms with Gasteiger partial charge in [0.2, 0.25) is 15.9 Å². The van der Waals surface area contributed by atoms with Gasteiger partial charge in [0.05, 0.1) is 18.0 Å². The van der Waals surface area contributed by atoms with E-state index in [4.69, 9.17) is 0 Å². The Balaban J connectivity index is 1.71. The van der Waals surface area contributed by atoms with Crippen LogP contribution in [0.5, 0.6) is 0 Å². The van der Waals surface area contributed by atoms with Crippen LogP contribution in [0.4, 0.5) is 20.2 Å². The molecule has 2 aromatic rings. The molecule has 2 atom stereocenters. The monoisotopic (exact) mass is 479 g/mol. The van der Waals surface area contributed by atoms with Crippen LogP contribution >= 0.6 is 0 Å². The van der Waals surface area contributed by atoms with E-state index in [0.29, 0.717) is 0 Å². The standard InChI is InChI=1S/C24H31F2N3O3S/c1-16-11-13-28(14-12-16)20-7-5-19(6-8-20)17(2)27-24(30)18(3)29(33(4,31)32)21-9-10-22(25)23(26)15-21/h5-10,15-18H,11-14H2,1-4H3,(H,27,30)/t17-,18+/m1/s1. The molecule has 0 radical (unpaired) electrons. The van der Waals surface area contributed by atoms with Crippen LogP contribution in [-0.4, -0.2) is 39.7 Å². The summed E-state index contributed by atoms with van der Waals surface area (Å²) >= 11 is 0. The molecule has 180 valence electrons. The molecule has 0 spiro atoms. The average molecular weight is 480 g/mol. The van der Waals surface area contributed by atoms with E-state index in [0.717, 1.165) is 59.0 Å². The topological polar surface area (TPSA) is 69.7 Å². The van der Waals surface area contributed by atoms with Crippen molar-refractivity contribution in [3.8, 4) is 0 Å². The number of nitrogens with zero attached hydrogens (tertiary/aromatic N) is 2. The van der Waals surface area contributed by atoms with Crippen molar-refractivity contribution in [2.45, 2.75) is 45.7 Å². The van der Waals surface area contributed by atoms with Crippen LogP contribution in [0.25, 0.3) is 0 Å². The van der Waals surface area contributed by atoms with Crippen molar-refractivity contribution in [3.05, 3.63) is 59.7 Å².